The number of carbonyl (C=O) groups excluding carboxylic acids is 1. The molecule has 0 atom stereocenters. The van der Waals surface area contributed by atoms with Gasteiger partial charge in [-0.3, -0.25) is 9.52 Å². The van der Waals surface area contributed by atoms with E-state index in [1.165, 1.54) is 12.1 Å². The molecule has 1 aliphatic rings. The van der Waals surface area contributed by atoms with Crippen molar-refractivity contribution >= 4 is 21.6 Å². The van der Waals surface area contributed by atoms with Crippen molar-refractivity contribution in [3.63, 3.8) is 0 Å². The van der Waals surface area contributed by atoms with Gasteiger partial charge in [-0.2, -0.15) is 0 Å². The van der Waals surface area contributed by atoms with Gasteiger partial charge >= 0.3 is 0 Å². The minimum Gasteiger partial charge on any atom is -0.497 e. The van der Waals surface area contributed by atoms with Gasteiger partial charge < -0.3 is 9.64 Å². The second-order valence-corrected chi connectivity index (χ2v) is 9.64. The summed E-state index contributed by atoms with van der Waals surface area (Å²) >= 11 is 0. The molecule has 0 heterocycles. The average molecular weight is 451 g/mol. The van der Waals surface area contributed by atoms with Gasteiger partial charge in [0, 0.05) is 18.2 Å². The molecule has 0 radical (unpaired) electrons. The molecule has 6 nitrogen and oxygen atoms in total. The molecule has 0 aromatic heterocycles. The van der Waals surface area contributed by atoms with Gasteiger partial charge in [-0.25, -0.2) is 8.42 Å². The zero-order chi connectivity index (χ0) is 22.7. The van der Waals surface area contributed by atoms with Crippen LogP contribution in [0.15, 0.2) is 77.7 Å². The monoisotopic (exact) mass is 450 g/mol. The lowest BCUT2D eigenvalue weighted by molar-refractivity contribution is 0.0730. The quantitative estimate of drug-likeness (QED) is 0.544. The van der Waals surface area contributed by atoms with Crippen molar-refractivity contribution < 1.29 is 17.9 Å². The molecule has 7 heteroatoms. The largest absolute Gasteiger partial charge is 0.497 e. The van der Waals surface area contributed by atoms with Crippen LogP contribution in [0.4, 0.5) is 5.69 Å². The van der Waals surface area contributed by atoms with Crippen molar-refractivity contribution in [2.45, 2.75) is 37.2 Å². The molecule has 1 N–H and O–H groups in total. The predicted molar refractivity (Wildman–Crippen MR) is 124 cm³/mol. The number of para-hydroxylation sites is 1. The Morgan fingerprint density at radius 2 is 1.66 bits per heavy atom. The number of ether oxygens (including phenoxy) is 1. The minimum atomic E-state index is -3.74. The summed E-state index contributed by atoms with van der Waals surface area (Å²) in [5.41, 5.74) is 2.86. The van der Waals surface area contributed by atoms with Crippen LogP contribution < -0.4 is 9.46 Å². The van der Waals surface area contributed by atoms with Gasteiger partial charge in [-0.05, 0) is 73.4 Å². The topological polar surface area (TPSA) is 75.7 Å². The van der Waals surface area contributed by atoms with E-state index in [4.69, 9.17) is 4.74 Å². The fourth-order valence-corrected chi connectivity index (χ4v) is 4.64. The van der Waals surface area contributed by atoms with E-state index in [9.17, 15) is 13.2 Å². The summed E-state index contributed by atoms with van der Waals surface area (Å²) in [6, 6.07) is 21.2. The Kier molecular flexibility index (Phi) is 6.19. The zero-order valence-electron chi connectivity index (χ0n) is 18.1. The maximum Gasteiger partial charge on any atom is 0.261 e. The minimum absolute atomic E-state index is 0.0980. The van der Waals surface area contributed by atoms with Gasteiger partial charge in [-0.15, -0.1) is 0 Å². The number of hydrogen-bond donors (Lipinski definition) is 1. The van der Waals surface area contributed by atoms with Crippen molar-refractivity contribution in [1.29, 1.82) is 0 Å². The molecule has 0 saturated heterocycles. The van der Waals surface area contributed by atoms with Crippen molar-refractivity contribution in [3.8, 4) is 5.75 Å². The van der Waals surface area contributed by atoms with Crippen LogP contribution in [0.25, 0.3) is 0 Å². The van der Waals surface area contributed by atoms with E-state index < -0.39 is 10.0 Å². The lowest BCUT2D eigenvalue weighted by atomic mass is 10.1. The molecule has 3 aromatic rings. The number of amides is 1. The summed E-state index contributed by atoms with van der Waals surface area (Å²) in [6.07, 6.45) is 1.96. The molecule has 0 aliphatic heterocycles. The molecule has 3 aromatic carbocycles. The number of aryl methyl sites for hydroxylation is 1. The highest BCUT2D eigenvalue weighted by atomic mass is 32.2. The Labute approximate surface area is 188 Å². The Morgan fingerprint density at radius 3 is 2.25 bits per heavy atom. The van der Waals surface area contributed by atoms with E-state index in [1.54, 1.807) is 31.4 Å². The molecule has 0 unspecified atom stereocenters. The van der Waals surface area contributed by atoms with E-state index >= 15 is 0 Å². The first-order valence-corrected chi connectivity index (χ1v) is 12.0. The summed E-state index contributed by atoms with van der Waals surface area (Å²) in [5, 5.41) is 0. The molecule has 166 valence electrons. The van der Waals surface area contributed by atoms with Crippen molar-refractivity contribution in [1.82, 2.24) is 4.90 Å². The summed E-state index contributed by atoms with van der Waals surface area (Å²) in [6.45, 7) is 2.34. The standard InChI is InChI=1S/C25H26N2O4S/c1-18-5-3-4-6-24(18)26-32(29,30)23-15-9-20(10-16-23)25(28)27(21-11-12-21)17-19-7-13-22(31-2)14-8-19/h3-10,13-16,21,26H,11-12,17H2,1-2H3. The lowest BCUT2D eigenvalue weighted by Crippen LogP contribution is -2.32. The Balaban J connectivity index is 1.50. The van der Waals surface area contributed by atoms with Gasteiger partial charge in [0.1, 0.15) is 5.75 Å². The Hall–Kier alpha value is -3.32. The van der Waals surface area contributed by atoms with Gasteiger partial charge in [0.2, 0.25) is 0 Å². The highest BCUT2D eigenvalue weighted by Crippen LogP contribution is 2.30. The van der Waals surface area contributed by atoms with Crippen molar-refractivity contribution in [2.24, 2.45) is 0 Å². The second kappa shape index (κ2) is 9.04. The fraction of sp³-hybridized carbons (Fsp3) is 0.240. The van der Waals surface area contributed by atoms with Gasteiger partial charge in [0.15, 0.2) is 0 Å². The zero-order valence-corrected chi connectivity index (χ0v) is 18.9. The van der Waals surface area contributed by atoms with Crippen molar-refractivity contribution in [2.75, 3.05) is 11.8 Å². The number of methoxy groups -OCH3 is 1. The third-order valence-corrected chi connectivity index (χ3v) is 6.94. The molecule has 4 rings (SSSR count). The first-order chi connectivity index (χ1) is 15.4. The van der Waals surface area contributed by atoms with Crippen LogP contribution in [0.3, 0.4) is 0 Å². The first kappa shape index (κ1) is 21.9. The molecule has 1 fully saturated rings. The van der Waals surface area contributed by atoms with Gasteiger partial charge in [-0.1, -0.05) is 30.3 Å². The lowest BCUT2D eigenvalue weighted by Gasteiger charge is -2.23. The van der Waals surface area contributed by atoms with Gasteiger partial charge in [0.05, 0.1) is 17.7 Å². The van der Waals surface area contributed by atoms with Crippen LogP contribution in [0.2, 0.25) is 0 Å². The first-order valence-electron chi connectivity index (χ1n) is 10.5. The normalized spacial score (nSPS) is 13.4. The second-order valence-electron chi connectivity index (χ2n) is 7.96. The molecule has 0 spiro atoms. The number of hydrogen-bond acceptors (Lipinski definition) is 4. The van der Waals surface area contributed by atoms with E-state index in [0.717, 1.165) is 29.7 Å². The molecule has 32 heavy (non-hydrogen) atoms. The van der Waals surface area contributed by atoms with E-state index in [0.29, 0.717) is 17.8 Å². The number of anilines is 1. The van der Waals surface area contributed by atoms with Crippen molar-refractivity contribution in [3.05, 3.63) is 89.5 Å². The fourth-order valence-electron chi connectivity index (χ4n) is 3.51. The average Bonchev–Trinajstić information content (AvgIpc) is 3.64. The Morgan fingerprint density at radius 1 is 1.00 bits per heavy atom. The highest BCUT2D eigenvalue weighted by molar-refractivity contribution is 7.92. The van der Waals surface area contributed by atoms with Crippen LogP contribution in [0, 0.1) is 6.92 Å². The molecule has 1 aliphatic carbocycles. The third kappa shape index (κ3) is 4.94. The summed E-state index contributed by atoms with van der Waals surface area (Å²) in [5.74, 6) is 0.674. The number of carbonyl (C=O) groups is 1. The predicted octanol–water partition coefficient (Wildman–Crippen LogP) is 4.61. The van der Waals surface area contributed by atoms with Crippen LogP contribution in [-0.2, 0) is 16.6 Å². The smallest absolute Gasteiger partial charge is 0.261 e. The van der Waals surface area contributed by atoms with E-state index in [2.05, 4.69) is 4.72 Å². The molecular formula is C25H26N2O4S. The number of benzene rings is 3. The summed E-state index contributed by atoms with van der Waals surface area (Å²) in [4.78, 5) is 15.2. The van der Waals surface area contributed by atoms with Crippen LogP contribution in [0.1, 0.15) is 34.3 Å². The SMILES string of the molecule is COc1ccc(CN(C(=O)c2ccc(S(=O)(=O)Nc3ccccc3C)cc2)C2CC2)cc1. The van der Waals surface area contributed by atoms with Crippen LogP contribution in [-0.4, -0.2) is 32.4 Å². The van der Waals surface area contributed by atoms with Gasteiger partial charge in [0.25, 0.3) is 15.9 Å². The van der Waals surface area contributed by atoms with Crippen LogP contribution >= 0.6 is 0 Å². The molecular weight excluding hydrogens is 424 g/mol. The highest BCUT2D eigenvalue weighted by Gasteiger charge is 2.33. The third-order valence-electron chi connectivity index (χ3n) is 5.56. The molecule has 1 saturated carbocycles. The van der Waals surface area contributed by atoms with E-state index in [-0.39, 0.29) is 16.8 Å². The molecule has 1 amide bonds. The Bertz CT molecular complexity index is 1200. The summed E-state index contributed by atoms with van der Waals surface area (Å²) < 4.78 is 33.3. The number of sulfonamides is 1. The maximum absolute atomic E-state index is 13.2. The molecule has 0 bridgehead atoms. The number of nitrogens with zero attached hydrogens (tertiary/aromatic N) is 1. The number of rotatable bonds is 8. The summed E-state index contributed by atoms with van der Waals surface area (Å²) in [7, 11) is -2.12. The number of nitrogens with one attached hydrogen (secondary N) is 1. The van der Waals surface area contributed by atoms with Crippen LogP contribution in [0.5, 0.6) is 5.75 Å². The van der Waals surface area contributed by atoms with E-state index in [1.807, 2.05) is 48.2 Å². The maximum atomic E-state index is 13.2.